The van der Waals surface area contributed by atoms with Crippen molar-refractivity contribution >= 4 is 22.3 Å². The van der Waals surface area contributed by atoms with Crippen molar-refractivity contribution in [3.05, 3.63) is 103 Å². The van der Waals surface area contributed by atoms with Gasteiger partial charge in [0, 0.05) is 17.1 Å². The van der Waals surface area contributed by atoms with Crippen LogP contribution in [0.5, 0.6) is 0 Å². The summed E-state index contributed by atoms with van der Waals surface area (Å²) in [5, 5.41) is 2.12. The van der Waals surface area contributed by atoms with Gasteiger partial charge in [-0.05, 0) is 29.5 Å². The first-order valence-electron chi connectivity index (χ1n) is 10.1. The molecule has 0 N–H and O–H groups in total. The van der Waals surface area contributed by atoms with Gasteiger partial charge in [0.05, 0.1) is 23.4 Å². The van der Waals surface area contributed by atoms with Crippen molar-refractivity contribution in [1.29, 1.82) is 0 Å². The normalized spacial score (nSPS) is 11.1. The summed E-state index contributed by atoms with van der Waals surface area (Å²) in [6.45, 7) is 2.17. The molecule has 0 spiro atoms. The molecule has 5 aromatic rings. The number of carbonyl (C=O) groups excluding carboxylic acids is 1. The van der Waals surface area contributed by atoms with E-state index in [4.69, 9.17) is 4.74 Å². The molecular formula is C27H21NO2. The Morgan fingerprint density at radius 2 is 1.43 bits per heavy atom. The van der Waals surface area contributed by atoms with Gasteiger partial charge in [0.1, 0.15) is 0 Å². The minimum absolute atomic E-state index is 0.299. The van der Waals surface area contributed by atoms with Crippen molar-refractivity contribution in [3.8, 4) is 22.4 Å². The zero-order valence-corrected chi connectivity index (χ0v) is 16.7. The lowest BCUT2D eigenvalue weighted by Gasteiger charge is -2.09. The zero-order valence-electron chi connectivity index (χ0n) is 16.7. The number of esters is 1. The molecule has 0 saturated carbocycles. The Balaban J connectivity index is 2.01. The molecule has 2 heterocycles. The lowest BCUT2D eigenvalue weighted by Crippen LogP contribution is -2.06. The molecule has 146 valence electrons. The molecule has 3 nitrogen and oxygen atoms in total. The molecule has 30 heavy (non-hydrogen) atoms. The van der Waals surface area contributed by atoms with Crippen molar-refractivity contribution in [2.24, 2.45) is 0 Å². The highest BCUT2D eigenvalue weighted by Gasteiger charge is 2.27. The maximum absolute atomic E-state index is 13.3. The summed E-state index contributed by atoms with van der Waals surface area (Å²) in [6.07, 6.45) is 2.05. The molecular weight excluding hydrogens is 370 g/mol. The lowest BCUT2D eigenvalue weighted by molar-refractivity contribution is 0.0530. The molecule has 0 fully saturated rings. The van der Waals surface area contributed by atoms with Crippen molar-refractivity contribution in [1.82, 2.24) is 4.40 Å². The maximum Gasteiger partial charge on any atom is 0.341 e. The summed E-state index contributed by atoms with van der Waals surface area (Å²) in [5.41, 5.74) is 5.43. The molecule has 0 radical (unpaired) electrons. The third kappa shape index (κ3) is 2.87. The zero-order chi connectivity index (χ0) is 20.5. The summed E-state index contributed by atoms with van der Waals surface area (Å²) in [6, 6.07) is 30.6. The van der Waals surface area contributed by atoms with Crippen LogP contribution in [-0.2, 0) is 4.74 Å². The fourth-order valence-corrected chi connectivity index (χ4v) is 4.18. The average molecular weight is 391 g/mol. The lowest BCUT2D eigenvalue weighted by atomic mass is 9.96. The molecule has 0 aliphatic heterocycles. The van der Waals surface area contributed by atoms with Gasteiger partial charge < -0.3 is 9.14 Å². The van der Waals surface area contributed by atoms with Gasteiger partial charge in [0.2, 0.25) is 0 Å². The third-order valence-corrected chi connectivity index (χ3v) is 5.41. The fourth-order valence-electron chi connectivity index (χ4n) is 4.18. The van der Waals surface area contributed by atoms with Gasteiger partial charge in [-0.1, -0.05) is 84.9 Å². The van der Waals surface area contributed by atoms with E-state index >= 15 is 0 Å². The van der Waals surface area contributed by atoms with Crippen LogP contribution in [0.4, 0.5) is 0 Å². The van der Waals surface area contributed by atoms with Crippen LogP contribution in [-0.4, -0.2) is 17.0 Å². The van der Waals surface area contributed by atoms with E-state index in [2.05, 4.69) is 40.9 Å². The Hall–Kier alpha value is -3.85. The molecule has 3 heteroatoms. The average Bonchev–Trinajstić information content (AvgIpc) is 3.16. The second-order valence-electron chi connectivity index (χ2n) is 7.17. The van der Waals surface area contributed by atoms with Crippen LogP contribution in [0.1, 0.15) is 17.3 Å². The number of pyridine rings is 1. The predicted molar refractivity (Wildman–Crippen MR) is 122 cm³/mol. The van der Waals surface area contributed by atoms with Gasteiger partial charge in [0.25, 0.3) is 0 Å². The van der Waals surface area contributed by atoms with E-state index in [1.807, 2.05) is 67.6 Å². The Morgan fingerprint density at radius 1 is 0.800 bits per heavy atom. The number of nitrogens with zero attached hydrogens (tertiary/aromatic N) is 1. The highest BCUT2D eigenvalue weighted by Crippen LogP contribution is 2.42. The largest absolute Gasteiger partial charge is 0.462 e. The fraction of sp³-hybridized carbons (Fsp3) is 0.0741. The van der Waals surface area contributed by atoms with Crippen LogP contribution in [0.3, 0.4) is 0 Å². The minimum Gasteiger partial charge on any atom is -0.462 e. The molecule has 0 unspecified atom stereocenters. The Kier molecular flexibility index (Phi) is 4.56. The number of hydrogen-bond donors (Lipinski definition) is 0. The van der Waals surface area contributed by atoms with E-state index in [9.17, 15) is 4.79 Å². The first-order valence-corrected chi connectivity index (χ1v) is 10.1. The van der Waals surface area contributed by atoms with Crippen molar-refractivity contribution in [2.75, 3.05) is 6.61 Å². The second-order valence-corrected chi connectivity index (χ2v) is 7.17. The monoisotopic (exact) mass is 391 g/mol. The van der Waals surface area contributed by atoms with Gasteiger partial charge in [-0.25, -0.2) is 4.79 Å². The molecule has 3 aromatic carbocycles. The quantitative estimate of drug-likeness (QED) is 0.323. The standard InChI is InChI=1S/C27H21NO2/c1-2-30-27(29)24-23(20-12-5-3-6-13-20)25(21-14-7-4-8-15-21)28-18-17-19-11-9-10-16-22(19)26(24)28/h3-18H,2H2,1H3. The number of ether oxygens (including phenoxy) is 1. The van der Waals surface area contributed by atoms with E-state index in [-0.39, 0.29) is 5.97 Å². The number of carbonyl (C=O) groups is 1. The molecule has 5 rings (SSSR count). The molecule has 0 bridgehead atoms. The smallest absolute Gasteiger partial charge is 0.341 e. The number of aromatic nitrogens is 1. The van der Waals surface area contributed by atoms with Gasteiger partial charge in [-0.3, -0.25) is 0 Å². The minimum atomic E-state index is -0.299. The third-order valence-electron chi connectivity index (χ3n) is 5.41. The van der Waals surface area contributed by atoms with E-state index in [0.29, 0.717) is 12.2 Å². The van der Waals surface area contributed by atoms with E-state index < -0.39 is 0 Å². The van der Waals surface area contributed by atoms with Crippen LogP contribution < -0.4 is 0 Å². The summed E-state index contributed by atoms with van der Waals surface area (Å²) in [5.74, 6) is -0.299. The van der Waals surface area contributed by atoms with Gasteiger partial charge in [-0.2, -0.15) is 0 Å². The Labute approximate surface area is 175 Å². The second kappa shape index (κ2) is 7.53. The first kappa shape index (κ1) is 18.2. The van der Waals surface area contributed by atoms with Crippen LogP contribution >= 0.6 is 0 Å². The van der Waals surface area contributed by atoms with Gasteiger partial charge in [0.15, 0.2) is 0 Å². The maximum atomic E-state index is 13.3. The highest BCUT2D eigenvalue weighted by atomic mass is 16.5. The van der Waals surface area contributed by atoms with Crippen LogP contribution in [0.15, 0.2) is 97.2 Å². The van der Waals surface area contributed by atoms with Crippen LogP contribution in [0.25, 0.3) is 38.7 Å². The van der Waals surface area contributed by atoms with Crippen molar-refractivity contribution in [3.63, 3.8) is 0 Å². The topological polar surface area (TPSA) is 30.7 Å². The summed E-state index contributed by atoms with van der Waals surface area (Å²) in [7, 11) is 0. The number of rotatable bonds is 4. The molecule has 0 atom stereocenters. The Bertz CT molecular complexity index is 1350. The number of fused-ring (bicyclic) bond motifs is 3. The van der Waals surface area contributed by atoms with Gasteiger partial charge >= 0.3 is 5.97 Å². The summed E-state index contributed by atoms with van der Waals surface area (Å²) >= 11 is 0. The van der Waals surface area contributed by atoms with E-state index in [1.54, 1.807) is 0 Å². The van der Waals surface area contributed by atoms with Crippen LogP contribution in [0.2, 0.25) is 0 Å². The SMILES string of the molecule is CCOC(=O)c1c(-c2ccccc2)c(-c2ccccc2)n2ccc3ccccc3c12. The van der Waals surface area contributed by atoms with Crippen molar-refractivity contribution < 1.29 is 9.53 Å². The highest BCUT2D eigenvalue weighted by molar-refractivity contribution is 6.15. The summed E-state index contributed by atoms with van der Waals surface area (Å²) < 4.78 is 7.68. The van der Waals surface area contributed by atoms with Crippen LogP contribution in [0, 0.1) is 0 Å². The molecule has 0 aliphatic carbocycles. The summed E-state index contributed by atoms with van der Waals surface area (Å²) in [4.78, 5) is 13.3. The Morgan fingerprint density at radius 3 is 2.13 bits per heavy atom. The molecule has 2 aromatic heterocycles. The van der Waals surface area contributed by atoms with E-state index in [0.717, 1.165) is 38.7 Å². The van der Waals surface area contributed by atoms with Crippen molar-refractivity contribution in [2.45, 2.75) is 6.92 Å². The first-order chi connectivity index (χ1) is 14.8. The number of hydrogen-bond acceptors (Lipinski definition) is 2. The van der Waals surface area contributed by atoms with Gasteiger partial charge in [-0.15, -0.1) is 0 Å². The predicted octanol–water partition coefficient (Wildman–Crippen LogP) is 6.60. The molecule has 0 amide bonds. The van der Waals surface area contributed by atoms with E-state index in [1.165, 1.54) is 0 Å². The molecule has 0 saturated heterocycles. The molecule has 0 aliphatic rings. The number of benzene rings is 3.